The van der Waals surface area contributed by atoms with E-state index in [4.69, 9.17) is 5.73 Å². The van der Waals surface area contributed by atoms with Crippen molar-refractivity contribution in [1.82, 2.24) is 0 Å². The van der Waals surface area contributed by atoms with Gasteiger partial charge in [-0.15, -0.1) is 0 Å². The monoisotopic (exact) mass is 308 g/mol. The first-order chi connectivity index (χ1) is 11.0. The molecular weight excluding hydrogens is 286 g/mol. The van der Waals surface area contributed by atoms with Crippen molar-refractivity contribution >= 4 is 11.5 Å². The number of aliphatic carboxylic acids is 1. The molecule has 0 aromatic heterocycles. The molecule has 23 heavy (non-hydrogen) atoms. The van der Waals surface area contributed by atoms with Gasteiger partial charge in [-0.05, 0) is 34.6 Å². The Morgan fingerprint density at radius 1 is 1.04 bits per heavy atom. The number of benzene rings is 2. The third kappa shape index (κ3) is 4.54. The minimum Gasteiger partial charge on any atom is -0.548 e. The molecule has 0 aliphatic heterocycles. The Morgan fingerprint density at radius 2 is 1.61 bits per heavy atom. The summed E-state index contributed by atoms with van der Waals surface area (Å²) < 4.78 is 0. The fourth-order valence-corrected chi connectivity index (χ4v) is 2.41. The molecule has 0 spiro atoms. The zero-order valence-corrected chi connectivity index (χ0v) is 13.5. The van der Waals surface area contributed by atoms with Gasteiger partial charge in [-0.3, -0.25) is 0 Å². The van der Waals surface area contributed by atoms with E-state index in [0.29, 0.717) is 5.92 Å². The Morgan fingerprint density at radius 3 is 2.13 bits per heavy atom. The van der Waals surface area contributed by atoms with Crippen LogP contribution in [-0.2, 0) is 4.79 Å². The first-order valence-electron chi connectivity index (χ1n) is 7.81. The second-order valence-electron chi connectivity index (χ2n) is 5.92. The predicted octanol–water partition coefficient (Wildman–Crippen LogP) is 2.71. The maximum atomic E-state index is 10.8. The number of hydrogen-bond acceptors (Lipinski definition) is 3. The van der Waals surface area contributed by atoms with Crippen LogP contribution in [0, 0.1) is 0 Å². The summed E-state index contributed by atoms with van der Waals surface area (Å²) in [6, 6.07) is 17.2. The standard InChI is InChI=1S/C20H23NO2/c1-14(2)15-8-10-17(11-9-15)18(12-13-19(21)20(22)23)16-6-4-3-5-7-16/h3-12,14,19H,13,21H2,1-2H3,(H,22,23)/p-1/b18-12-. The van der Waals surface area contributed by atoms with Crippen LogP contribution in [0.15, 0.2) is 60.7 Å². The fourth-order valence-electron chi connectivity index (χ4n) is 2.41. The summed E-state index contributed by atoms with van der Waals surface area (Å²) in [4.78, 5) is 10.8. The molecule has 0 aliphatic carbocycles. The first-order valence-corrected chi connectivity index (χ1v) is 7.81. The van der Waals surface area contributed by atoms with Crippen LogP contribution in [0.5, 0.6) is 0 Å². The van der Waals surface area contributed by atoms with E-state index < -0.39 is 12.0 Å². The van der Waals surface area contributed by atoms with Crippen molar-refractivity contribution in [3.63, 3.8) is 0 Å². The molecule has 2 rings (SSSR count). The Balaban J connectivity index is 2.37. The Labute approximate surface area is 137 Å². The van der Waals surface area contributed by atoms with E-state index >= 15 is 0 Å². The fraction of sp³-hybridized carbons (Fsp3) is 0.250. The lowest BCUT2D eigenvalue weighted by molar-refractivity contribution is -0.307. The van der Waals surface area contributed by atoms with E-state index in [2.05, 4.69) is 38.1 Å². The van der Waals surface area contributed by atoms with Gasteiger partial charge in [0.05, 0.1) is 5.97 Å². The lowest BCUT2D eigenvalue weighted by Crippen LogP contribution is -2.41. The number of hydrogen-bond donors (Lipinski definition) is 1. The van der Waals surface area contributed by atoms with Gasteiger partial charge in [-0.2, -0.15) is 0 Å². The molecule has 120 valence electrons. The molecule has 0 amide bonds. The smallest absolute Gasteiger partial charge is 0.0585 e. The largest absolute Gasteiger partial charge is 0.548 e. The highest BCUT2D eigenvalue weighted by Crippen LogP contribution is 2.26. The van der Waals surface area contributed by atoms with Crippen molar-refractivity contribution in [3.8, 4) is 0 Å². The summed E-state index contributed by atoms with van der Waals surface area (Å²) in [5.41, 5.74) is 9.92. The van der Waals surface area contributed by atoms with Crippen molar-refractivity contribution in [2.24, 2.45) is 5.73 Å². The van der Waals surface area contributed by atoms with Gasteiger partial charge in [0.15, 0.2) is 0 Å². The van der Waals surface area contributed by atoms with Gasteiger partial charge in [0.25, 0.3) is 0 Å². The average Bonchev–Trinajstić information content (AvgIpc) is 2.56. The molecule has 0 radical (unpaired) electrons. The van der Waals surface area contributed by atoms with Gasteiger partial charge in [0.1, 0.15) is 0 Å². The van der Waals surface area contributed by atoms with Gasteiger partial charge < -0.3 is 15.6 Å². The molecule has 2 N–H and O–H groups in total. The van der Waals surface area contributed by atoms with Crippen LogP contribution in [-0.4, -0.2) is 12.0 Å². The van der Waals surface area contributed by atoms with Gasteiger partial charge in [0.2, 0.25) is 0 Å². The summed E-state index contributed by atoms with van der Waals surface area (Å²) in [7, 11) is 0. The second kappa shape index (κ2) is 7.75. The molecule has 2 aromatic carbocycles. The number of carboxylic acid groups (broad SMARTS) is 1. The predicted molar refractivity (Wildman–Crippen MR) is 91.7 cm³/mol. The highest BCUT2D eigenvalue weighted by Gasteiger charge is 2.08. The summed E-state index contributed by atoms with van der Waals surface area (Å²) in [5, 5.41) is 10.8. The normalized spacial score (nSPS) is 13.1. The minimum atomic E-state index is -1.23. The maximum absolute atomic E-state index is 10.8. The molecular formula is C20H22NO2-. The molecule has 0 heterocycles. The lowest BCUT2D eigenvalue weighted by atomic mass is 9.93. The zero-order chi connectivity index (χ0) is 16.8. The van der Waals surface area contributed by atoms with Crippen LogP contribution in [0.25, 0.3) is 5.57 Å². The van der Waals surface area contributed by atoms with E-state index in [-0.39, 0.29) is 6.42 Å². The third-order valence-corrected chi connectivity index (χ3v) is 3.85. The highest BCUT2D eigenvalue weighted by atomic mass is 16.4. The molecule has 3 heteroatoms. The van der Waals surface area contributed by atoms with Crippen LogP contribution in [0.2, 0.25) is 0 Å². The van der Waals surface area contributed by atoms with Gasteiger partial charge >= 0.3 is 0 Å². The summed E-state index contributed by atoms with van der Waals surface area (Å²) >= 11 is 0. The van der Waals surface area contributed by atoms with E-state index in [1.165, 1.54) is 5.56 Å². The van der Waals surface area contributed by atoms with Crippen molar-refractivity contribution in [3.05, 3.63) is 77.4 Å². The highest BCUT2D eigenvalue weighted by molar-refractivity contribution is 5.80. The number of rotatable bonds is 6. The maximum Gasteiger partial charge on any atom is 0.0585 e. The van der Waals surface area contributed by atoms with E-state index in [0.717, 1.165) is 16.7 Å². The number of carbonyl (C=O) groups excluding carboxylic acids is 1. The van der Waals surface area contributed by atoms with Crippen LogP contribution >= 0.6 is 0 Å². The van der Waals surface area contributed by atoms with Gasteiger partial charge in [-0.1, -0.05) is 74.5 Å². The number of nitrogens with two attached hydrogens (primary N) is 1. The lowest BCUT2D eigenvalue weighted by Gasteiger charge is -2.14. The molecule has 0 saturated carbocycles. The molecule has 3 nitrogen and oxygen atoms in total. The van der Waals surface area contributed by atoms with Crippen molar-refractivity contribution < 1.29 is 9.90 Å². The molecule has 0 aliphatic rings. The quantitative estimate of drug-likeness (QED) is 0.892. The average molecular weight is 308 g/mol. The SMILES string of the molecule is CC(C)c1ccc(/C(=C\CC(N)C(=O)[O-])c2ccccc2)cc1. The zero-order valence-electron chi connectivity index (χ0n) is 13.5. The number of carboxylic acids is 1. The topological polar surface area (TPSA) is 66.2 Å². The summed E-state index contributed by atoms with van der Waals surface area (Å²) in [5.74, 6) is -0.761. The van der Waals surface area contributed by atoms with Crippen molar-refractivity contribution in [1.29, 1.82) is 0 Å². The molecule has 2 aromatic rings. The summed E-state index contributed by atoms with van der Waals surface area (Å²) in [6.07, 6.45) is 2.11. The van der Waals surface area contributed by atoms with Crippen LogP contribution in [0.1, 0.15) is 42.9 Å². The number of carbonyl (C=O) groups is 1. The van der Waals surface area contributed by atoms with Crippen LogP contribution in [0.3, 0.4) is 0 Å². The van der Waals surface area contributed by atoms with Crippen LogP contribution < -0.4 is 10.8 Å². The minimum absolute atomic E-state index is 0.235. The molecule has 0 bridgehead atoms. The Kier molecular flexibility index (Phi) is 5.72. The second-order valence-corrected chi connectivity index (χ2v) is 5.92. The van der Waals surface area contributed by atoms with E-state index in [1.54, 1.807) is 0 Å². The van der Waals surface area contributed by atoms with Crippen molar-refractivity contribution in [2.75, 3.05) is 0 Å². The Hall–Kier alpha value is -2.39. The summed E-state index contributed by atoms with van der Waals surface area (Å²) in [6.45, 7) is 4.31. The van der Waals surface area contributed by atoms with E-state index in [9.17, 15) is 9.90 Å². The molecule has 0 saturated heterocycles. The molecule has 0 fully saturated rings. The molecule has 1 unspecified atom stereocenters. The molecule has 1 atom stereocenters. The third-order valence-electron chi connectivity index (χ3n) is 3.85. The van der Waals surface area contributed by atoms with Gasteiger partial charge in [0, 0.05) is 6.04 Å². The van der Waals surface area contributed by atoms with Crippen molar-refractivity contribution in [2.45, 2.75) is 32.2 Å². The van der Waals surface area contributed by atoms with Crippen LogP contribution in [0.4, 0.5) is 0 Å². The van der Waals surface area contributed by atoms with Gasteiger partial charge in [-0.25, -0.2) is 0 Å². The Bertz CT molecular complexity index is 673. The first kappa shape index (κ1) is 17.0. The van der Waals surface area contributed by atoms with E-state index in [1.807, 2.05) is 36.4 Å².